The van der Waals surface area contributed by atoms with E-state index in [9.17, 15) is 9.59 Å². The lowest BCUT2D eigenvalue weighted by Crippen LogP contribution is -2.28. The zero-order chi connectivity index (χ0) is 18.1. The molecule has 3 aromatic rings. The Hall–Kier alpha value is -2.88. The first kappa shape index (κ1) is 16.6. The lowest BCUT2D eigenvalue weighted by Gasteiger charge is -2.20. The van der Waals surface area contributed by atoms with Crippen LogP contribution in [0.3, 0.4) is 0 Å². The van der Waals surface area contributed by atoms with Crippen molar-refractivity contribution in [2.75, 3.05) is 0 Å². The number of para-hydroxylation sites is 1. The van der Waals surface area contributed by atoms with E-state index < -0.39 is 0 Å². The molecule has 0 aliphatic heterocycles. The van der Waals surface area contributed by atoms with Crippen molar-refractivity contribution in [3.63, 3.8) is 0 Å². The third-order valence-electron chi connectivity index (χ3n) is 5.22. The van der Waals surface area contributed by atoms with E-state index in [-0.39, 0.29) is 17.5 Å². The van der Waals surface area contributed by atoms with Gasteiger partial charge in [-0.1, -0.05) is 36.4 Å². The number of benzene rings is 2. The molecule has 1 amide bonds. The molecule has 4 rings (SSSR count). The monoisotopic (exact) mass is 346 g/mol. The summed E-state index contributed by atoms with van der Waals surface area (Å²) in [5, 5.41) is 3.80. The minimum atomic E-state index is -0.268. The molecule has 1 aliphatic carbocycles. The Bertz CT molecular complexity index is 1040. The van der Waals surface area contributed by atoms with Crippen LogP contribution in [0.2, 0.25) is 0 Å². The van der Waals surface area contributed by atoms with Gasteiger partial charge in [0, 0.05) is 17.0 Å². The third kappa shape index (κ3) is 3.15. The van der Waals surface area contributed by atoms with Crippen molar-refractivity contribution in [1.82, 2.24) is 10.3 Å². The molecular weight excluding hydrogens is 324 g/mol. The van der Waals surface area contributed by atoms with Gasteiger partial charge in [-0.25, -0.2) is 0 Å². The molecule has 4 heteroatoms. The number of nitrogens with one attached hydrogen (secondary N) is 2. The van der Waals surface area contributed by atoms with E-state index in [0.717, 1.165) is 23.8 Å². The molecule has 0 saturated heterocycles. The number of aromatic amines is 1. The zero-order valence-electron chi connectivity index (χ0n) is 14.8. The van der Waals surface area contributed by atoms with E-state index >= 15 is 0 Å². The number of amides is 1. The molecule has 0 fully saturated rings. The maximum absolute atomic E-state index is 12.8. The first-order valence-electron chi connectivity index (χ1n) is 9.16. The van der Waals surface area contributed by atoms with Crippen molar-refractivity contribution in [3.05, 3.63) is 81.1 Å². The summed E-state index contributed by atoms with van der Waals surface area (Å²) in [4.78, 5) is 27.5. The molecular formula is C22H22N2O2. The first-order chi connectivity index (χ1) is 12.6. The van der Waals surface area contributed by atoms with Gasteiger partial charge in [-0.05, 0) is 55.4 Å². The molecule has 0 spiro atoms. The Morgan fingerprint density at radius 1 is 1.04 bits per heavy atom. The smallest absolute Gasteiger partial charge is 0.252 e. The number of H-pyrrole nitrogens is 1. The number of aryl methyl sites for hydroxylation is 2. The van der Waals surface area contributed by atoms with Crippen molar-refractivity contribution in [2.24, 2.45) is 0 Å². The van der Waals surface area contributed by atoms with Gasteiger partial charge in [0.15, 0.2) is 0 Å². The molecule has 0 saturated carbocycles. The summed E-state index contributed by atoms with van der Waals surface area (Å²) in [6.45, 7) is 1.98. The Labute approximate surface area is 152 Å². The predicted molar refractivity (Wildman–Crippen MR) is 104 cm³/mol. The van der Waals surface area contributed by atoms with Crippen molar-refractivity contribution < 1.29 is 4.79 Å². The minimum absolute atomic E-state index is 0.118. The zero-order valence-corrected chi connectivity index (χ0v) is 14.8. The van der Waals surface area contributed by atoms with Crippen LogP contribution in [0.4, 0.5) is 0 Å². The average Bonchev–Trinajstić information content (AvgIpc) is 2.66. The lowest BCUT2D eigenvalue weighted by atomic mass is 9.89. The van der Waals surface area contributed by atoms with E-state index in [1.807, 2.05) is 25.1 Å². The average molecular weight is 346 g/mol. The molecule has 1 heterocycles. The molecule has 0 radical (unpaired) electrons. The second-order valence-corrected chi connectivity index (χ2v) is 7.02. The predicted octanol–water partition coefficient (Wildman–Crippen LogP) is 3.90. The largest absolute Gasteiger partial charge is 0.345 e. The highest BCUT2D eigenvalue weighted by Gasteiger charge is 2.17. The summed E-state index contributed by atoms with van der Waals surface area (Å²) in [5.74, 6) is -0.225. The fourth-order valence-corrected chi connectivity index (χ4v) is 3.77. The Morgan fingerprint density at radius 2 is 1.81 bits per heavy atom. The molecule has 2 aromatic carbocycles. The molecule has 1 unspecified atom stereocenters. The van der Waals surface area contributed by atoms with Crippen LogP contribution in [-0.4, -0.2) is 10.9 Å². The van der Waals surface area contributed by atoms with Crippen LogP contribution in [-0.2, 0) is 12.8 Å². The van der Waals surface area contributed by atoms with E-state index in [4.69, 9.17) is 0 Å². The lowest BCUT2D eigenvalue weighted by molar-refractivity contribution is 0.0941. The van der Waals surface area contributed by atoms with Crippen LogP contribution < -0.4 is 10.9 Å². The van der Waals surface area contributed by atoms with Crippen LogP contribution in [0.15, 0.2) is 53.3 Å². The number of rotatable bonds is 3. The molecule has 1 aliphatic rings. The van der Waals surface area contributed by atoms with Crippen molar-refractivity contribution >= 4 is 16.8 Å². The molecule has 2 N–H and O–H groups in total. The van der Waals surface area contributed by atoms with Crippen LogP contribution in [0.25, 0.3) is 10.9 Å². The van der Waals surface area contributed by atoms with Gasteiger partial charge in [-0.2, -0.15) is 0 Å². The molecule has 4 nitrogen and oxygen atoms in total. The summed E-state index contributed by atoms with van der Waals surface area (Å²) >= 11 is 0. The summed E-state index contributed by atoms with van der Waals surface area (Å²) in [7, 11) is 0. The summed E-state index contributed by atoms with van der Waals surface area (Å²) in [5.41, 5.74) is 4.75. The van der Waals surface area contributed by atoms with Crippen molar-refractivity contribution in [1.29, 1.82) is 0 Å². The number of carbonyl (C=O) groups is 1. The van der Waals surface area contributed by atoms with Gasteiger partial charge in [0.2, 0.25) is 5.56 Å². The molecule has 26 heavy (non-hydrogen) atoms. The Morgan fingerprint density at radius 3 is 2.65 bits per heavy atom. The minimum Gasteiger partial charge on any atom is -0.345 e. The fourth-order valence-electron chi connectivity index (χ4n) is 3.77. The molecule has 1 atom stereocenters. The van der Waals surface area contributed by atoms with Crippen molar-refractivity contribution in [2.45, 2.75) is 38.6 Å². The van der Waals surface area contributed by atoms with E-state index in [1.165, 1.54) is 30.0 Å². The number of hydrogen-bond donors (Lipinski definition) is 2. The maximum Gasteiger partial charge on any atom is 0.252 e. The number of pyridine rings is 1. The fraction of sp³-hybridized carbons (Fsp3) is 0.273. The first-order valence-corrected chi connectivity index (χ1v) is 9.16. The second kappa shape index (κ2) is 6.79. The van der Waals surface area contributed by atoms with Gasteiger partial charge in [-0.15, -0.1) is 0 Å². The Balaban J connectivity index is 1.61. The summed E-state index contributed by atoms with van der Waals surface area (Å²) < 4.78 is 0. The highest BCUT2D eigenvalue weighted by Crippen LogP contribution is 2.25. The maximum atomic E-state index is 12.8. The number of aromatic nitrogens is 1. The van der Waals surface area contributed by atoms with Gasteiger partial charge >= 0.3 is 0 Å². The van der Waals surface area contributed by atoms with Gasteiger partial charge in [0.25, 0.3) is 5.91 Å². The standard InChI is InChI=1S/C22H22N2O2/c1-14(16-11-10-15-6-2-3-7-17(15)12-16)23-22(26)19-13-21(25)24-20-9-5-4-8-18(19)20/h4-5,8-14H,2-3,6-7H2,1H3,(H,23,26)(H,24,25). The summed E-state index contributed by atoms with van der Waals surface area (Å²) in [6, 6.07) is 15.1. The van der Waals surface area contributed by atoms with Crippen molar-refractivity contribution in [3.8, 4) is 0 Å². The number of carbonyl (C=O) groups excluding carboxylic acids is 1. The van der Waals surface area contributed by atoms with E-state index in [2.05, 4.69) is 28.5 Å². The highest BCUT2D eigenvalue weighted by molar-refractivity contribution is 6.06. The highest BCUT2D eigenvalue weighted by atomic mass is 16.2. The summed E-state index contributed by atoms with van der Waals surface area (Å²) in [6.07, 6.45) is 4.75. The van der Waals surface area contributed by atoms with E-state index in [1.54, 1.807) is 6.07 Å². The van der Waals surface area contributed by atoms with Gasteiger partial charge in [-0.3, -0.25) is 9.59 Å². The molecule has 1 aromatic heterocycles. The molecule has 132 valence electrons. The number of hydrogen-bond acceptors (Lipinski definition) is 2. The van der Waals surface area contributed by atoms with Gasteiger partial charge < -0.3 is 10.3 Å². The quantitative estimate of drug-likeness (QED) is 0.755. The van der Waals surface area contributed by atoms with Crippen LogP contribution in [0.5, 0.6) is 0 Å². The van der Waals surface area contributed by atoms with E-state index in [0.29, 0.717) is 11.1 Å². The SMILES string of the molecule is CC(NC(=O)c1cc(=O)[nH]c2ccccc12)c1ccc2c(c1)CCCC2. The van der Waals surface area contributed by atoms with Gasteiger partial charge in [0.05, 0.1) is 11.6 Å². The molecule has 0 bridgehead atoms. The Kier molecular flexibility index (Phi) is 4.33. The van der Waals surface area contributed by atoms with Crippen LogP contribution in [0.1, 0.15) is 52.9 Å². The second-order valence-electron chi connectivity index (χ2n) is 7.02. The topological polar surface area (TPSA) is 62.0 Å². The normalized spacial score (nSPS) is 14.7. The van der Waals surface area contributed by atoms with Gasteiger partial charge in [0.1, 0.15) is 0 Å². The number of fused-ring (bicyclic) bond motifs is 2. The van der Waals surface area contributed by atoms with Crippen LogP contribution in [0, 0.1) is 0 Å². The van der Waals surface area contributed by atoms with Crippen LogP contribution >= 0.6 is 0 Å². The third-order valence-corrected chi connectivity index (χ3v) is 5.22.